The predicted octanol–water partition coefficient (Wildman–Crippen LogP) is 4.47. The monoisotopic (exact) mass is 345 g/mol. The summed E-state index contributed by atoms with van der Waals surface area (Å²) in [4.78, 5) is 15.1. The molecule has 1 aromatic heterocycles. The number of hydrogen-bond acceptors (Lipinski definition) is 2. The van der Waals surface area contributed by atoms with Gasteiger partial charge in [-0.15, -0.1) is 0 Å². The van der Waals surface area contributed by atoms with Crippen LogP contribution in [0.2, 0.25) is 0 Å². The third-order valence-electron chi connectivity index (χ3n) is 5.28. The zero-order valence-corrected chi connectivity index (χ0v) is 15.2. The lowest BCUT2D eigenvalue weighted by molar-refractivity contribution is 0.0735. The van der Waals surface area contributed by atoms with E-state index in [1.54, 1.807) is 10.9 Å². The zero-order chi connectivity index (χ0) is 18.1. The number of aromatic nitrogens is 2. The van der Waals surface area contributed by atoms with Crippen LogP contribution in [0.25, 0.3) is 5.69 Å². The lowest BCUT2D eigenvalue weighted by Crippen LogP contribution is -2.30. The van der Waals surface area contributed by atoms with E-state index in [2.05, 4.69) is 37.1 Å². The maximum atomic E-state index is 13.1. The van der Waals surface area contributed by atoms with Crippen molar-refractivity contribution in [1.82, 2.24) is 14.7 Å². The zero-order valence-electron chi connectivity index (χ0n) is 15.2. The molecule has 2 aromatic carbocycles. The fraction of sp³-hybridized carbons (Fsp3) is 0.273. The molecule has 1 fully saturated rings. The smallest absolute Gasteiger partial charge is 0.257 e. The van der Waals surface area contributed by atoms with Gasteiger partial charge in [-0.3, -0.25) is 4.79 Å². The van der Waals surface area contributed by atoms with Crippen molar-refractivity contribution in [1.29, 1.82) is 0 Å². The van der Waals surface area contributed by atoms with Gasteiger partial charge >= 0.3 is 0 Å². The van der Waals surface area contributed by atoms with Crippen LogP contribution in [0.3, 0.4) is 0 Å². The molecule has 0 saturated carbocycles. The van der Waals surface area contributed by atoms with E-state index in [9.17, 15) is 4.79 Å². The lowest BCUT2D eigenvalue weighted by atomic mass is 9.99. The van der Waals surface area contributed by atoms with E-state index < -0.39 is 0 Å². The third-order valence-corrected chi connectivity index (χ3v) is 5.28. The summed E-state index contributed by atoms with van der Waals surface area (Å²) in [5.74, 6) is 0.0629. The van der Waals surface area contributed by atoms with Crippen molar-refractivity contribution in [2.45, 2.75) is 32.7 Å². The fourth-order valence-electron chi connectivity index (χ4n) is 3.65. The first-order chi connectivity index (χ1) is 12.6. The van der Waals surface area contributed by atoms with Gasteiger partial charge in [-0.25, -0.2) is 4.68 Å². The first-order valence-corrected chi connectivity index (χ1v) is 9.12. The summed E-state index contributed by atoms with van der Waals surface area (Å²) >= 11 is 0. The molecule has 1 aliphatic heterocycles. The Morgan fingerprint density at radius 3 is 2.65 bits per heavy atom. The van der Waals surface area contributed by atoms with Gasteiger partial charge < -0.3 is 4.90 Å². The maximum absolute atomic E-state index is 13.1. The van der Waals surface area contributed by atoms with Gasteiger partial charge in [0.15, 0.2) is 0 Å². The van der Waals surface area contributed by atoms with Crippen LogP contribution in [0.15, 0.2) is 60.9 Å². The van der Waals surface area contributed by atoms with Crippen molar-refractivity contribution in [3.63, 3.8) is 0 Å². The van der Waals surface area contributed by atoms with Gasteiger partial charge in [0.2, 0.25) is 0 Å². The van der Waals surface area contributed by atoms with Crippen molar-refractivity contribution in [2.75, 3.05) is 6.54 Å². The van der Waals surface area contributed by atoms with Gasteiger partial charge in [-0.05, 0) is 55.5 Å². The average molecular weight is 345 g/mol. The van der Waals surface area contributed by atoms with Crippen LogP contribution in [-0.4, -0.2) is 27.1 Å². The SMILES string of the molecule is Cc1ccc(C2CCCN2C(=O)c2cnn(-c3ccccc3)c2)cc1C. The fourth-order valence-corrected chi connectivity index (χ4v) is 3.65. The van der Waals surface area contributed by atoms with E-state index in [0.29, 0.717) is 5.56 Å². The minimum atomic E-state index is 0.0629. The Morgan fingerprint density at radius 1 is 1.08 bits per heavy atom. The molecule has 2 heterocycles. The summed E-state index contributed by atoms with van der Waals surface area (Å²) in [5, 5.41) is 4.37. The largest absolute Gasteiger partial charge is 0.332 e. The van der Waals surface area contributed by atoms with Crippen molar-refractivity contribution in [3.8, 4) is 5.69 Å². The maximum Gasteiger partial charge on any atom is 0.257 e. The summed E-state index contributed by atoms with van der Waals surface area (Å²) in [6, 6.07) is 16.6. The highest BCUT2D eigenvalue weighted by Gasteiger charge is 2.31. The molecule has 4 heteroatoms. The Bertz CT molecular complexity index is 930. The number of aryl methyl sites for hydroxylation is 2. The summed E-state index contributed by atoms with van der Waals surface area (Å²) in [6.07, 6.45) is 5.55. The highest BCUT2D eigenvalue weighted by molar-refractivity contribution is 5.94. The normalized spacial score (nSPS) is 16.8. The number of amides is 1. The Hall–Kier alpha value is -2.88. The van der Waals surface area contributed by atoms with Crippen LogP contribution in [0.5, 0.6) is 0 Å². The molecule has 0 N–H and O–H groups in total. The molecule has 26 heavy (non-hydrogen) atoms. The number of para-hydroxylation sites is 1. The Labute approximate surface area is 154 Å². The van der Waals surface area contributed by atoms with Gasteiger partial charge in [0.25, 0.3) is 5.91 Å². The van der Waals surface area contributed by atoms with Crippen LogP contribution in [0, 0.1) is 13.8 Å². The second-order valence-electron chi connectivity index (χ2n) is 7.01. The molecule has 1 aliphatic rings. The van der Waals surface area contributed by atoms with Crippen LogP contribution in [-0.2, 0) is 0 Å². The first-order valence-electron chi connectivity index (χ1n) is 9.12. The number of carbonyl (C=O) groups excluding carboxylic acids is 1. The van der Waals surface area contributed by atoms with E-state index in [1.165, 1.54) is 16.7 Å². The van der Waals surface area contributed by atoms with E-state index in [4.69, 9.17) is 0 Å². The molecule has 1 saturated heterocycles. The summed E-state index contributed by atoms with van der Waals surface area (Å²) in [5.41, 5.74) is 5.39. The van der Waals surface area contributed by atoms with Gasteiger partial charge in [0, 0.05) is 12.7 Å². The lowest BCUT2D eigenvalue weighted by Gasteiger charge is -2.25. The molecular formula is C22H23N3O. The summed E-state index contributed by atoms with van der Waals surface area (Å²) < 4.78 is 1.76. The van der Waals surface area contributed by atoms with E-state index in [1.807, 2.05) is 41.4 Å². The topological polar surface area (TPSA) is 38.1 Å². The third kappa shape index (κ3) is 3.03. The number of hydrogen-bond donors (Lipinski definition) is 0. The molecule has 1 amide bonds. The molecule has 0 spiro atoms. The van der Waals surface area contributed by atoms with Gasteiger partial charge in [-0.2, -0.15) is 5.10 Å². The second-order valence-corrected chi connectivity index (χ2v) is 7.01. The molecule has 4 nitrogen and oxygen atoms in total. The van der Waals surface area contributed by atoms with Crippen molar-refractivity contribution in [3.05, 3.63) is 83.2 Å². The molecular weight excluding hydrogens is 322 g/mol. The van der Waals surface area contributed by atoms with Crippen LogP contribution >= 0.6 is 0 Å². The number of nitrogens with zero attached hydrogens (tertiary/aromatic N) is 3. The number of likely N-dealkylation sites (tertiary alicyclic amines) is 1. The van der Waals surface area contributed by atoms with E-state index >= 15 is 0 Å². The number of benzene rings is 2. The van der Waals surface area contributed by atoms with Gasteiger partial charge in [-0.1, -0.05) is 36.4 Å². The molecule has 0 aliphatic carbocycles. The van der Waals surface area contributed by atoms with Gasteiger partial charge in [0.1, 0.15) is 0 Å². The standard InChI is InChI=1S/C22H23N3O/c1-16-10-11-18(13-17(16)2)21-9-6-12-24(21)22(26)19-14-23-25(15-19)20-7-4-3-5-8-20/h3-5,7-8,10-11,13-15,21H,6,9,12H2,1-2H3. The molecule has 1 unspecified atom stereocenters. The highest BCUT2D eigenvalue weighted by Crippen LogP contribution is 2.34. The van der Waals surface area contributed by atoms with Crippen LogP contribution < -0.4 is 0 Å². The minimum Gasteiger partial charge on any atom is -0.332 e. The summed E-state index contributed by atoms with van der Waals surface area (Å²) in [7, 11) is 0. The molecule has 4 rings (SSSR count). The van der Waals surface area contributed by atoms with Crippen molar-refractivity contribution < 1.29 is 4.79 Å². The average Bonchev–Trinajstić information content (AvgIpc) is 3.34. The Kier molecular flexibility index (Phi) is 4.33. The van der Waals surface area contributed by atoms with Crippen molar-refractivity contribution >= 4 is 5.91 Å². The summed E-state index contributed by atoms with van der Waals surface area (Å²) in [6.45, 7) is 5.05. The molecule has 0 radical (unpaired) electrons. The molecule has 3 aromatic rings. The highest BCUT2D eigenvalue weighted by atomic mass is 16.2. The van der Waals surface area contributed by atoms with Crippen LogP contribution in [0.1, 0.15) is 45.9 Å². The number of carbonyl (C=O) groups is 1. The molecule has 1 atom stereocenters. The van der Waals surface area contributed by atoms with E-state index in [0.717, 1.165) is 25.1 Å². The molecule has 0 bridgehead atoms. The predicted molar refractivity (Wildman–Crippen MR) is 102 cm³/mol. The quantitative estimate of drug-likeness (QED) is 0.702. The Morgan fingerprint density at radius 2 is 1.88 bits per heavy atom. The van der Waals surface area contributed by atoms with Crippen LogP contribution in [0.4, 0.5) is 0 Å². The first kappa shape index (κ1) is 16.6. The molecule has 132 valence electrons. The second kappa shape index (κ2) is 6.79. The minimum absolute atomic E-state index is 0.0629. The van der Waals surface area contributed by atoms with E-state index in [-0.39, 0.29) is 11.9 Å². The van der Waals surface area contributed by atoms with Crippen molar-refractivity contribution in [2.24, 2.45) is 0 Å². The Balaban J connectivity index is 1.59. The number of rotatable bonds is 3. The van der Waals surface area contributed by atoms with Gasteiger partial charge in [0.05, 0.1) is 23.5 Å².